The molecule has 118 valence electrons. The summed E-state index contributed by atoms with van der Waals surface area (Å²) in [5.74, 6) is 1.12. The fourth-order valence-electron chi connectivity index (χ4n) is 2.71. The number of furan rings is 1. The average Bonchev–Trinajstić information content (AvgIpc) is 3.26. The van der Waals surface area contributed by atoms with Gasteiger partial charge >= 0.3 is 0 Å². The van der Waals surface area contributed by atoms with Gasteiger partial charge in [0.15, 0.2) is 5.76 Å². The molecule has 2 aromatic heterocycles. The molecule has 1 amide bonds. The van der Waals surface area contributed by atoms with Crippen LogP contribution in [-0.2, 0) is 13.1 Å². The molecular formula is C16H22N4O2. The molecule has 6 nitrogen and oxygen atoms in total. The number of carbonyl (C=O) groups is 1. The Hall–Kier alpha value is -2.08. The summed E-state index contributed by atoms with van der Waals surface area (Å²) < 4.78 is 7.49. The number of nitrogens with zero attached hydrogens (tertiary/aromatic N) is 3. The Morgan fingerprint density at radius 1 is 1.32 bits per heavy atom. The van der Waals surface area contributed by atoms with Gasteiger partial charge in [0.1, 0.15) is 5.76 Å². The molecule has 0 atom stereocenters. The molecular weight excluding hydrogens is 280 g/mol. The van der Waals surface area contributed by atoms with Crippen molar-refractivity contribution in [3.05, 3.63) is 42.1 Å². The standard InChI is InChI=1S/C16H22N4O2/c21-16(17-7-3-11-20-12-4-8-18-20)15-6-5-14(22-15)13-19-9-1-2-10-19/h4-6,8,12H,1-3,7,9-11,13H2,(H,17,21). The first-order chi connectivity index (χ1) is 10.8. The second-order valence-corrected chi connectivity index (χ2v) is 5.63. The normalized spacial score (nSPS) is 15.3. The van der Waals surface area contributed by atoms with Gasteiger partial charge in [-0.3, -0.25) is 14.4 Å². The molecule has 0 unspecified atom stereocenters. The summed E-state index contributed by atoms with van der Waals surface area (Å²) >= 11 is 0. The van der Waals surface area contributed by atoms with Gasteiger partial charge in [0, 0.05) is 25.5 Å². The van der Waals surface area contributed by atoms with E-state index in [1.54, 1.807) is 12.3 Å². The van der Waals surface area contributed by atoms with E-state index in [-0.39, 0.29) is 5.91 Å². The third-order valence-electron chi connectivity index (χ3n) is 3.87. The third kappa shape index (κ3) is 3.98. The van der Waals surface area contributed by atoms with Crippen LogP contribution >= 0.6 is 0 Å². The van der Waals surface area contributed by atoms with Crippen molar-refractivity contribution in [1.29, 1.82) is 0 Å². The van der Waals surface area contributed by atoms with Crippen molar-refractivity contribution in [3.8, 4) is 0 Å². The number of nitrogens with one attached hydrogen (secondary N) is 1. The van der Waals surface area contributed by atoms with Crippen LogP contribution in [0.1, 0.15) is 35.6 Å². The van der Waals surface area contributed by atoms with Crippen molar-refractivity contribution in [1.82, 2.24) is 20.0 Å². The first-order valence-corrected chi connectivity index (χ1v) is 7.88. The number of hydrogen-bond acceptors (Lipinski definition) is 4. The summed E-state index contributed by atoms with van der Waals surface area (Å²) in [6, 6.07) is 5.55. The minimum Gasteiger partial charge on any atom is -0.455 e. The minimum absolute atomic E-state index is 0.145. The number of carbonyl (C=O) groups excluding carboxylic acids is 1. The molecule has 3 heterocycles. The maximum Gasteiger partial charge on any atom is 0.286 e. The van der Waals surface area contributed by atoms with Crippen LogP contribution in [0, 0.1) is 0 Å². The Balaban J connectivity index is 1.40. The molecule has 0 aromatic carbocycles. The lowest BCUT2D eigenvalue weighted by atomic mass is 10.3. The van der Waals surface area contributed by atoms with Crippen LogP contribution < -0.4 is 5.32 Å². The van der Waals surface area contributed by atoms with Crippen LogP contribution in [0.3, 0.4) is 0 Å². The van der Waals surface area contributed by atoms with Gasteiger partial charge in [0.05, 0.1) is 6.54 Å². The number of likely N-dealkylation sites (tertiary alicyclic amines) is 1. The van der Waals surface area contributed by atoms with Crippen LogP contribution in [0.5, 0.6) is 0 Å². The van der Waals surface area contributed by atoms with E-state index in [0.29, 0.717) is 12.3 Å². The maximum absolute atomic E-state index is 12.0. The highest BCUT2D eigenvalue weighted by Crippen LogP contribution is 2.15. The van der Waals surface area contributed by atoms with E-state index in [2.05, 4.69) is 15.3 Å². The molecule has 22 heavy (non-hydrogen) atoms. The quantitative estimate of drug-likeness (QED) is 0.793. The molecule has 1 N–H and O–H groups in total. The molecule has 1 saturated heterocycles. The fraction of sp³-hybridized carbons (Fsp3) is 0.500. The lowest BCUT2D eigenvalue weighted by Crippen LogP contribution is -2.25. The molecule has 0 aliphatic carbocycles. The Kier molecular flexibility index (Phi) is 4.90. The molecule has 0 bridgehead atoms. The first-order valence-electron chi connectivity index (χ1n) is 7.88. The summed E-state index contributed by atoms with van der Waals surface area (Å²) in [6.07, 6.45) is 7.02. The smallest absolute Gasteiger partial charge is 0.286 e. The molecule has 0 radical (unpaired) electrons. The monoisotopic (exact) mass is 302 g/mol. The fourth-order valence-corrected chi connectivity index (χ4v) is 2.71. The summed E-state index contributed by atoms with van der Waals surface area (Å²) in [5, 5.41) is 7.00. The summed E-state index contributed by atoms with van der Waals surface area (Å²) in [5.41, 5.74) is 0. The lowest BCUT2D eigenvalue weighted by molar-refractivity contribution is 0.0921. The van der Waals surface area contributed by atoms with Crippen LogP contribution in [0.2, 0.25) is 0 Å². The van der Waals surface area contributed by atoms with Gasteiger partial charge in [0.25, 0.3) is 5.91 Å². The van der Waals surface area contributed by atoms with E-state index in [1.165, 1.54) is 12.8 Å². The van der Waals surface area contributed by atoms with Gasteiger partial charge in [-0.15, -0.1) is 0 Å². The van der Waals surface area contributed by atoms with Crippen molar-refractivity contribution in [2.75, 3.05) is 19.6 Å². The predicted octanol–water partition coefficient (Wildman–Crippen LogP) is 1.89. The molecule has 6 heteroatoms. The predicted molar refractivity (Wildman–Crippen MR) is 82.4 cm³/mol. The molecule has 3 rings (SSSR count). The summed E-state index contributed by atoms with van der Waals surface area (Å²) in [4.78, 5) is 14.4. The minimum atomic E-state index is -0.145. The van der Waals surface area contributed by atoms with Crippen molar-refractivity contribution < 1.29 is 9.21 Å². The molecule has 0 spiro atoms. The van der Waals surface area contributed by atoms with E-state index >= 15 is 0 Å². The number of rotatable bonds is 7. The zero-order valence-electron chi connectivity index (χ0n) is 12.7. The highest BCUT2D eigenvalue weighted by Gasteiger charge is 2.15. The Labute approximate surface area is 130 Å². The molecule has 2 aromatic rings. The van der Waals surface area contributed by atoms with E-state index < -0.39 is 0 Å². The molecule has 1 aliphatic rings. The first kappa shape index (κ1) is 14.8. The molecule has 1 fully saturated rings. The van der Waals surface area contributed by atoms with E-state index in [0.717, 1.165) is 38.4 Å². The lowest BCUT2D eigenvalue weighted by Gasteiger charge is -2.11. The van der Waals surface area contributed by atoms with Crippen LogP contribution in [0.15, 0.2) is 35.0 Å². The third-order valence-corrected chi connectivity index (χ3v) is 3.87. The van der Waals surface area contributed by atoms with Gasteiger partial charge in [-0.05, 0) is 50.6 Å². The Bertz CT molecular complexity index is 585. The second-order valence-electron chi connectivity index (χ2n) is 5.63. The van der Waals surface area contributed by atoms with Crippen molar-refractivity contribution in [3.63, 3.8) is 0 Å². The number of amides is 1. The van der Waals surface area contributed by atoms with Crippen molar-refractivity contribution in [2.24, 2.45) is 0 Å². The largest absolute Gasteiger partial charge is 0.455 e. The SMILES string of the molecule is O=C(NCCCn1cccn1)c1ccc(CN2CCCC2)o1. The summed E-state index contributed by atoms with van der Waals surface area (Å²) in [6.45, 7) is 4.45. The highest BCUT2D eigenvalue weighted by atomic mass is 16.4. The average molecular weight is 302 g/mol. The maximum atomic E-state index is 12.0. The van der Waals surface area contributed by atoms with Crippen molar-refractivity contribution in [2.45, 2.75) is 32.4 Å². The van der Waals surface area contributed by atoms with Gasteiger partial charge in [0.2, 0.25) is 0 Å². The van der Waals surface area contributed by atoms with Crippen LogP contribution in [0.4, 0.5) is 0 Å². The van der Waals surface area contributed by atoms with E-state index in [1.807, 2.05) is 23.0 Å². The number of hydrogen-bond donors (Lipinski definition) is 1. The van der Waals surface area contributed by atoms with Gasteiger partial charge in [-0.2, -0.15) is 5.10 Å². The number of aryl methyl sites for hydroxylation is 1. The Morgan fingerprint density at radius 3 is 2.95 bits per heavy atom. The summed E-state index contributed by atoms with van der Waals surface area (Å²) in [7, 11) is 0. The number of aromatic nitrogens is 2. The topological polar surface area (TPSA) is 63.3 Å². The zero-order valence-corrected chi connectivity index (χ0v) is 12.7. The zero-order chi connectivity index (χ0) is 15.2. The van der Waals surface area contributed by atoms with E-state index in [4.69, 9.17) is 4.42 Å². The second kappa shape index (κ2) is 7.26. The van der Waals surface area contributed by atoms with Crippen molar-refractivity contribution >= 4 is 5.91 Å². The van der Waals surface area contributed by atoms with E-state index in [9.17, 15) is 4.79 Å². The molecule has 1 aliphatic heterocycles. The highest BCUT2D eigenvalue weighted by molar-refractivity contribution is 5.91. The van der Waals surface area contributed by atoms with Crippen LogP contribution in [0.25, 0.3) is 0 Å². The van der Waals surface area contributed by atoms with Gasteiger partial charge in [-0.25, -0.2) is 0 Å². The van der Waals surface area contributed by atoms with Crippen LogP contribution in [-0.4, -0.2) is 40.2 Å². The van der Waals surface area contributed by atoms with Gasteiger partial charge in [-0.1, -0.05) is 0 Å². The Morgan fingerprint density at radius 2 is 2.18 bits per heavy atom. The molecule has 0 saturated carbocycles. The van der Waals surface area contributed by atoms with Gasteiger partial charge < -0.3 is 9.73 Å².